The van der Waals surface area contributed by atoms with Crippen LogP contribution >= 0.6 is 11.6 Å². The van der Waals surface area contributed by atoms with Crippen molar-refractivity contribution in [2.75, 3.05) is 12.3 Å². The van der Waals surface area contributed by atoms with E-state index in [1.807, 2.05) is 48.5 Å². The number of nitrogens with zero attached hydrogens (tertiary/aromatic N) is 1. The summed E-state index contributed by atoms with van der Waals surface area (Å²) < 4.78 is 33.2. The van der Waals surface area contributed by atoms with Gasteiger partial charge in [-0.1, -0.05) is 60.8 Å². The van der Waals surface area contributed by atoms with Crippen molar-refractivity contribution in [3.63, 3.8) is 0 Å². The van der Waals surface area contributed by atoms with Crippen LogP contribution in [0.15, 0.2) is 48.5 Å². The molecule has 0 radical (unpaired) electrons. The molecule has 2 aromatic carbocycles. The van der Waals surface area contributed by atoms with Crippen LogP contribution in [0, 0.1) is 11.8 Å². The number of ether oxygens (including phenoxy) is 1. The molecule has 3 atom stereocenters. The van der Waals surface area contributed by atoms with E-state index < -0.39 is 22.3 Å². The molecular formula is C24H29ClN2O4S. The molecule has 1 aliphatic carbocycles. The molecule has 0 aromatic heterocycles. The molecule has 0 bridgehead atoms. The number of benzene rings is 2. The van der Waals surface area contributed by atoms with Gasteiger partial charge in [0, 0.05) is 17.5 Å². The van der Waals surface area contributed by atoms with E-state index in [-0.39, 0.29) is 11.7 Å². The lowest BCUT2D eigenvalue weighted by atomic mass is 9.74. The number of aryl methyl sites for hydroxylation is 1. The fraction of sp³-hybridized carbons (Fsp3) is 0.458. The van der Waals surface area contributed by atoms with Crippen molar-refractivity contribution in [1.29, 1.82) is 0 Å². The Morgan fingerprint density at radius 1 is 1.00 bits per heavy atom. The summed E-state index contributed by atoms with van der Waals surface area (Å²) in [5, 5.41) is 0.687. The van der Waals surface area contributed by atoms with E-state index in [1.54, 1.807) is 0 Å². The Hall–Kier alpha value is -2.09. The van der Waals surface area contributed by atoms with E-state index >= 15 is 0 Å². The van der Waals surface area contributed by atoms with Gasteiger partial charge in [0.1, 0.15) is 0 Å². The molecule has 2 aromatic rings. The topological polar surface area (TPSA) is 89.7 Å². The summed E-state index contributed by atoms with van der Waals surface area (Å²) >= 11 is 5.95. The lowest BCUT2D eigenvalue weighted by Crippen LogP contribution is -2.55. The van der Waals surface area contributed by atoms with Gasteiger partial charge in [-0.3, -0.25) is 0 Å². The van der Waals surface area contributed by atoms with Gasteiger partial charge in [-0.05, 0) is 60.4 Å². The second kappa shape index (κ2) is 9.81. The molecule has 1 saturated heterocycles. The van der Waals surface area contributed by atoms with Crippen LogP contribution in [-0.2, 0) is 21.2 Å². The highest BCUT2D eigenvalue weighted by Crippen LogP contribution is 2.41. The first kappa shape index (κ1) is 23.1. The number of amides is 1. The van der Waals surface area contributed by atoms with Gasteiger partial charge in [-0.25, -0.2) is 13.2 Å². The van der Waals surface area contributed by atoms with E-state index in [0.717, 1.165) is 48.8 Å². The average molecular weight is 477 g/mol. The minimum Gasteiger partial charge on any atom is -0.429 e. The Bertz CT molecular complexity index is 1040. The van der Waals surface area contributed by atoms with Gasteiger partial charge in [-0.15, -0.1) is 0 Å². The first-order valence-corrected chi connectivity index (χ1v) is 13.1. The highest BCUT2D eigenvalue weighted by molar-refractivity contribution is 7.89. The molecule has 1 aliphatic heterocycles. The zero-order chi connectivity index (χ0) is 22.7. The van der Waals surface area contributed by atoms with Crippen LogP contribution in [0.4, 0.5) is 4.79 Å². The number of fused-ring (bicyclic) bond motifs is 1. The summed E-state index contributed by atoms with van der Waals surface area (Å²) in [6.45, 7) is 0.372. The molecule has 0 spiro atoms. The first-order chi connectivity index (χ1) is 15.3. The first-order valence-electron chi connectivity index (χ1n) is 11.1. The van der Waals surface area contributed by atoms with E-state index in [0.29, 0.717) is 23.9 Å². The summed E-state index contributed by atoms with van der Waals surface area (Å²) in [5.41, 5.74) is 8.33. The van der Waals surface area contributed by atoms with Gasteiger partial charge in [0.2, 0.25) is 10.0 Å². The van der Waals surface area contributed by atoms with Crippen molar-refractivity contribution in [2.24, 2.45) is 17.6 Å². The highest BCUT2D eigenvalue weighted by Gasteiger charge is 2.45. The molecule has 3 unspecified atom stereocenters. The van der Waals surface area contributed by atoms with Gasteiger partial charge in [0.15, 0.2) is 6.23 Å². The number of piperidine rings is 1. The van der Waals surface area contributed by atoms with Crippen LogP contribution in [0.25, 0.3) is 11.1 Å². The minimum absolute atomic E-state index is 0.0263. The van der Waals surface area contributed by atoms with Gasteiger partial charge in [0.05, 0.1) is 5.75 Å². The van der Waals surface area contributed by atoms with Crippen molar-refractivity contribution in [3.8, 4) is 11.1 Å². The van der Waals surface area contributed by atoms with E-state index in [9.17, 15) is 13.2 Å². The molecule has 32 heavy (non-hydrogen) atoms. The predicted octanol–water partition coefficient (Wildman–Crippen LogP) is 4.81. The number of carbonyl (C=O) groups excluding carboxylic acids is 1. The number of nitrogens with two attached hydrogens (primary N) is 1. The van der Waals surface area contributed by atoms with E-state index in [4.69, 9.17) is 22.1 Å². The molecular weight excluding hydrogens is 448 g/mol. The Kier molecular flexibility index (Phi) is 7.08. The second-order valence-electron chi connectivity index (χ2n) is 8.71. The summed E-state index contributed by atoms with van der Waals surface area (Å²) in [4.78, 5) is 11.5. The molecule has 1 amide bonds. The van der Waals surface area contributed by atoms with Gasteiger partial charge >= 0.3 is 6.09 Å². The maximum absolute atomic E-state index is 13.2. The number of carbonyl (C=O) groups is 1. The normalized spacial score (nSPS) is 24.0. The number of sulfonamides is 1. The lowest BCUT2D eigenvalue weighted by molar-refractivity contribution is -0.0650. The Labute approximate surface area is 194 Å². The predicted molar refractivity (Wildman–Crippen MR) is 126 cm³/mol. The molecule has 1 saturated carbocycles. The Balaban J connectivity index is 1.44. The molecule has 172 valence electrons. The van der Waals surface area contributed by atoms with Gasteiger partial charge in [0.25, 0.3) is 0 Å². The summed E-state index contributed by atoms with van der Waals surface area (Å²) in [5.74, 6) is 0.377. The standard InChI is InChI=1S/C24H29ClN2O4S/c25-21-11-9-19(10-12-21)18-7-5-17(6-8-18)14-16-32(29,30)27-15-13-20-3-1-2-4-22(20)23(27)31-24(26)28/h5-12,20,22-23H,1-4,13-16H2,(H2,26,28). The van der Waals surface area contributed by atoms with E-state index in [2.05, 4.69) is 0 Å². The highest BCUT2D eigenvalue weighted by atomic mass is 35.5. The van der Waals surface area contributed by atoms with Crippen molar-refractivity contribution < 1.29 is 17.9 Å². The lowest BCUT2D eigenvalue weighted by Gasteiger charge is -2.45. The van der Waals surface area contributed by atoms with Crippen LogP contribution in [0.2, 0.25) is 5.02 Å². The number of hydrogen-bond acceptors (Lipinski definition) is 4. The van der Waals surface area contributed by atoms with Gasteiger partial charge < -0.3 is 10.5 Å². The number of hydrogen-bond donors (Lipinski definition) is 1. The molecule has 2 fully saturated rings. The summed E-state index contributed by atoms with van der Waals surface area (Å²) in [7, 11) is -3.61. The smallest absolute Gasteiger partial charge is 0.406 e. The number of rotatable bonds is 6. The second-order valence-corrected chi connectivity index (χ2v) is 11.2. The maximum Gasteiger partial charge on any atom is 0.406 e. The molecule has 8 heteroatoms. The fourth-order valence-corrected chi connectivity index (χ4v) is 6.79. The summed E-state index contributed by atoms with van der Waals surface area (Å²) in [6, 6.07) is 15.5. The van der Waals surface area contributed by atoms with Gasteiger partial charge in [-0.2, -0.15) is 4.31 Å². The molecule has 6 nitrogen and oxygen atoms in total. The quantitative estimate of drug-likeness (QED) is 0.647. The fourth-order valence-electron chi connectivity index (χ4n) is 5.04. The maximum atomic E-state index is 13.2. The minimum atomic E-state index is -3.61. The Morgan fingerprint density at radius 3 is 2.28 bits per heavy atom. The molecule has 1 heterocycles. The Morgan fingerprint density at radius 2 is 1.62 bits per heavy atom. The number of primary amides is 1. The SMILES string of the molecule is NC(=O)OC1C2CCCCC2CCN1S(=O)(=O)CCc1ccc(-c2ccc(Cl)cc2)cc1. The van der Waals surface area contributed by atoms with Crippen molar-refractivity contribution >= 4 is 27.7 Å². The van der Waals surface area contributed by atoms with Crippen molar-refractivity contribution in [3.05, 3.63) is 59.1 Å². The van der Waals surface area contributed by atoms with Crippen molar-refractivity contribution in [1.82, 2.24) is 4.31 Å². The zero-order valence-corrected chi connectivity index (χ0v) is 19.5. The van der Waals surface area contributed by atoms with Crippen LogP contribution < -0.4 is 5.73 Å². The van der Waals surface area contributed by atoms with Crippen LogP contribution in [-0.4, -0.2) is 37.3 Å². The summed E-state index contributed by atoms with van der Waals surface area (Å²) in [6.07, 6.45) is 3.56. The number of halogens is 1. The third-order valence-electron chi connectivity index (χ3n) is 6.71. The average Bonchev–Trinajstić information content (AvgIpc) is 2.78. The molecule has 2 N–H and O–H groups in total. The van der Waals surface area contributed by atoms with Crippen LogP contribution in [0.5, 0.6) is 0 Å². The van der Waals surface area contributed by atoms with Crippen molar-refractivity contribution in [2.45, 2.75) is 44.8 Å². The van der Waals surface area contributed by atoms with Crippen LogP contribution in [0.1, 0.15) is 37.7 Å². The van der Waals surface area contributed by atoms with E-state index in [1.165, 1.54) is 4.31 Å². The molecule has 2 aliphatic rings. The monoisotopic (exact) mass is 476 g/mol. The largest absolute Gasteiger partial charge is 0.429 e. The third-order valence-corrected chi connectivity index (χ3v) is 8.79. The van der Waals surface area contributed by atoms with Crippen LogP contribution in [0.3, 0.4) is 0 Å². The zero-order valence-electron chi connectivity index (χ0n) is 18.0. The third kappa shape index (κ3) is 5.27. The molecule has 4 rings (SSSR count).